The molecular formula is C68H125NO18. The lowest BCUT2D eigenvalue weighted by molar-refractivity contribution is -0.379. The van der Waals surface area contributed by atoms with Crippen LogP contribution in [-0.4, -0.2) is 193 Å². The van der Waals surface area contributed by atoms with Crippen molar-refractivity contribution in [1.29, 1.82) is 0 Å². The van der Waals surface area contributed by atoms with Gasteiger partial charge in [0.05, 0.1) is 38.6 Å². The van der Waals surface area contributed by atoms with E-state index in [4.69, 9.17) is 28.4 Å². The molecule has 0 saturated carbocycles. The third kappa shape index (κ3) is 32.9. The first-order valence-corrected chi connectivity index (χ1v) is 34.7. The molecule has 0 aromatic carbocycles. The lowest BCUT2D eigenvalue weighted by Crippen LogP contribution is -2.66. The summed E-state index contributed by atoms with van der Waals surface area (Å²) in [6.45, 7) is 1.72. The Labute approximate surface area is 523 Å². The van der Waals surface area contributed by atoms with Gasteiger partial charge in [0.25, 0.3) is 0 Å². The summed E-state index contributed by atoms with van der Waals surface area (Å²) in [6, 6.07) is -0.993. The number of rotatable bonds is 53. The zero-order chi connectivity index (χ0) is 63.3. The van der Waals surface area contributed by atoms with Gasteiger partial charge in [-0.2, -0.15) is 0 Å². The lowest BCUT2D eigenvalue weighted by Gasteiger charge is -2.48. The maximum absolute atomic E-state index is 13.3. The molecule has 0 spiro atoms. The minimum Gasteiger partial charge on any atom is -0.394 e. The summed E-state index contributed by atoms with van der Waals surface area (Å²) in [5, 5.41) is 120. The first-order valence-electron chi connectivity index (χ1n) is 34.7. The van der Waals surface area contributed by atoms with Crippen molar-refractivity contribution in [3.63, 3.8) is 0 Å². The van der Waals surface area contributed by atoms with Crippen molar-refractivity contribution in [2.75, 3.05) is 26.4 Å². The fraction of sp³-hybridized carbons (Fsp3) is 0.897. The lowest BCUT2D eigenvalue weighted by atomic mass is 9.96. The minimum absolute atomic E-state index is 0.235. The Kier molecular flexibility index (Phi) is 46.0. The monoisotopic (exact) mass is 1240 g/mol. The van der Waals surface area contributed by atoms with Crippen molar-refractivity contribution in [3.8, 4) is 0 Å². The smallest absolute Gasteiger partial charge is 0.220 e. The van der Waals surface area contributed by atoms with E-state index in [0.29, 0.717) is 12.8 Å². The van der Waals surface area contributed by atoms with E-state index in [9.17, 15) is 61.0 Å². The molecule has 0 aliphatic carbocycles. The molecule has 0 radical (unpaired) electrons. The Balaban J connectivity index is 1.43. The molecule has 87 heavy (non-hydrogen) atoms. The molecule has 0 bridgehead atoms. The number of carbonyl (C=O) groups excluding carboxylic acids is 1. The van der Waals surface area contributed by atoms with E-state index >= 15 is 0 Å². The van der Waals surface area contributed by atoms with E-state index < -0.39 is 124 Å². The van der Waals surface area contributed by atoms with Crippen LogP contribution in [0.15, 0.2) is 36.5 Å². The second-order valence-corrected chi connectivity index (χ2v) is 25.0. The molecular weight excluding hydrogens is 1120 g/mol. The summed E-state index contributed by atoms with van der Waals surface area (Å²) in [7, 11) is 0. The number of amides is 1. The van der Waals surface area contributed by atoms with Crippen molar-refractivity contribution in [2.24, 2.45) is 0 Å². The van der Waals surface area contributed by atoms with Crippen LogP contribution in [0.2, 0.25) is 0 Å². The Morgan fingerprint density at radius 2 is 0.736 bits per heavy atom. The first kappa shape index (κ1) is 79.2. The highest BCUT2D eigenvalue weighted by molar-refractivity contribution is 5.76. The highest BCUT2D eigenvalue weighted by Gasteiger charge is 2.53. The molecule has 17 unspecified atom stereocenters. The summed E-state index contributed by atoms with van der Waals surface area (Å²) in [5.74, 6) is -0.288. The predicted octanol–water partition coefficient (Wildman–Crippen LogP) is 8.83. The van der Waals surface area contributed by atoms with Crippen molar-refractivity contribution >= 4 is 5.91 Å². The molecule has 3 saturated heterocycles. The van der Waals surface area contributed by atoms with E-state index in [1.165, 1.54) is 180 Å². The standard InChI is InChI=1S/C68H125NO18/c1-3-5-7-9-11-13-15-17-18-19-20-21-22-23-24-25-26-27-28-29-30-31-32-34-35-37-39-41-43-45-52(73)51(69-56(74)46-44-42-40-38-36-33-16-14-12-10-8-6-4-2)50-82-66-62(80)59(77)64(54(48-71)84-66)87-68-63(81)60(78)65(55(49-72)85-68)86-67-61(79)58(76)57(75)53(47-70)83-67/h30-31,35,37,43,45,51-55,57-68,70-73,75-81H,3-29,32-34,36,38-42,44,46-50H2,1-2H3,(H,69,74)/b31-30+,37-35+,45-43+. The molecule has 19 nitrogen and oxygen atoms in total. The molecule has 3 rings (SSSR count). The largest absolute Gasteiger partial charge is 0.394 e. The molecule has 3 fully saturated rings. The van der Waals surface area contributed by atoms with E-state index in [1.54, 1.807) is 6.08 Å². The topological polar surface area (TPSA) is 307 Å². The minimum atomic E-state index is -1.98. The van der Waals surface area contributed by atoms with E-state index in [-0.39, 0.29) is 18.9 Å². The third-order valence-corrected chi connectivity index (χ3v) is 17.4. The molecule has 510 valence electrons. The van der Waals surface area contributed by atoms with Crippen LogP contribution in [0.25, 0.3) is 0 Å². The number of unbranched alkanes of at least 4 members (excludes halogenated alkanes) is 33. The summed E-state index contributed by atoms with van der Waals surface area (Å²) in [5.41, 5.74) is 0. The van der Waals surface area contributed by atoms with Gasteiger partial charge in [0.2, 0.25) is 5.91 Å². The van der Waals surface area contributed by atoms with Gasteiger partial charge in [-0.15, -0.1) is 0 Å². The summed E-state index contributed by atoms with van der Waals surface area (Å²) in [4.78, 5) is 13.3. The van der Waals surface area contributed by atoms with Gasteiger partial charge in [-0.3, -0.25) is 4.79 Å². The molecule has 19 heteroatoms. The number of aliphatic hydroxyl groups is 11. The average Bonchev–Trinajstić information content (AvgIpc) is 2.08. The van der Waals surface area contributed by atoms with Crippen molar-refractivity contribution in [3.05, 3.63) is 36.5 Å². The Hall–Kier alpha value is -1.99. The molecule has 17 atom stereocenters. The van der Waals surface area contributed by atoms with Crippen LogP contribution >= 0.6 is 0 Å². The molecule has 0 aromatic heterocycles. The molecule has 3 heterocycles. The number of hydrogen-bond donors (Lipinski definition) is 12. The summed E-state index contributed by atoms with van der Waals surface area (Å²) in [6.07, 6.45) is 31.5. The van der Waals surface area contributed by atoms with Gasteiger partial charge in [-0.05, 0) is 44.9 Å². The van der Waals surface area contributed by atoms with Crippen LogP contribution in [-0.2, 0) is 33.2 Å². The second kappa shape index (κ2) is 50.6. The highest BCUT2D eigenvalue weighted by Crippen LogP contribution is 2.33. The molecule has 1 amide bonds. The number of aliphatic hydroxyl groups excluding tert-OH is 11. The molecule has 0 aromatic rings. The number of allylic oxidation sites excluding steroid dienone is 5. The van der Waals surface area contributed by atoms with Crippen LogP contribution in [0, 0.1) is 0 Å². The fourth-order valence-corrected chi connectivity index (χ4v) is 11.8. The van der Waals surface area contributed by atoms with Gasteiger partial charge in [0.15, 0.2) is 18.9 Å². The maximum Gasteiger partial charge on any atom is 0.220 e. The zero-order valence-corrected chi connectivity index (χ0v) is 53.8. The molecule has 3 aliphatic rings. The average molecular weight is 1240 g/mol. The van der Waals surface area contributed by atoms with E-state index in [2.05, 4.69) is 43.5 Å². The highest BCUT2D eigenvalue weighted by atomic mass is 16.8. The predicted molar refractivity (Wildman–Crippen MR) is 337 cm³/mol. The van der Waals surface area contributed by atoms with Crippen molar-refractivity contribution < 1.29 is 89.4 Å². The number of nitrogens with one attached hydrogen (secondary N) is 1. The zero-order valence-electron chi connectivity index (χ0n) is 53.8. The Morgan fingerprint density at radius 1 is 0.402 bits per heavy atom. The first-order chi connectivity index (χ1) is 42.3. The second-order valence-electron chi connectivity index (χ2n) is 25.0. The van der Waals surface area contributed by atoms with E-state index in [1.807, 2.05) is 6.08 Å². The van der Waals surface area contributed by atoms with Crippen LogP contribution in [0.1, 0.15) is 258 Å². The summed E-state index contributed by atoms with van der Waals surface area (Å²) < 4.78 is 34.3. The Bertz CT molecular complexity index is 1720. The van der Waals surface area contributed by atoms with Gasteiger partial charge < -0.3 is 89.9 Å². The number of hydrogen-bond acceptors (Lipinski definition) is 18. The van der Waals surface area contributed by atoms with Gasteiger partial charge in [-0.1, -0.05) is 243 Å². The molecule has 12 N–H and O–H groups in total. The van der Waals surface area contributed by atoms with Gasteiger partial charge in [0, 0.05) is 6.42 Å². The maximum atomic E-state index is 13.3. The van der Waals surface area contributed by atoms with E-state index in [0.717, 1.165) is 44.9 Å². The van der Waals surface area contributed by atoms with Crippen LogP contribution in [0.5, 0.6) is 0 Å². The van der Waals surface area contributed by atoms with Crippen molar-refractivity contribution in [2.45, 2.75) is 362 Å². The quantitative estimate of drug-likeness (QED) is 0.0200. The van der Waals surface area contributed by atoms with Crippen LogP contribution in [0.4, 0.5) is 0 Å². The van der Waals surface area contributed by atoms with Gasteiger partial charge in [-0.25, -0.2) is 0 Å². The van der Waals surface area contributed by atoms with Gasteiger partial charge >= 0.3 is 0 Å². The third-order valence-electron chi connectivity index (χ3n) is 17.4. The van der Waals surface area contributed by atoms with Crippen LogP contribution in [0.3, 0.4) is 0 Å². The van der Waals surface area contributed by atoms with Crippen LogP contribution < -0.4 is 5.32 Å². The normalized spacial score (nSPS) is 28.8. The fourth-order valence-electron chi connectivity index (χ4n) is 11.8. The number of ether oxygens (including phenoxy) is 6. The Morgan fingerprint density at radius 3 is 1.15 bits per heavy atom. The SMILES string of the molecule is CCCCCCCCCCCCCCCCCCCCC/C=C/CC/C=C/CC/C=C/C(O)C(COC1OC(CO)C(OC2OC(CO)C(OC3OC(CO)C(O)C(O)C3O)C(O)C2O)C(O)C1O)NC(=O)CCCCCCCCCCCCCCC. The van der Waals surface area contributed by atoms with Crippen molar-refractivity contribution in [1.82, 2.24) is 5.32 Å². The molecule has 3 aliphatic heterocycles. The number of carbonyl (C=O) groups is 1. The summed E-state index contributed by atoms with van der Waals surface area (Å²) >= 11 is 0. The van der Waals surface area contributed by atoms with Gasteiger partial charge in [0.1, 0.15) is 73.2 Å².